The number of anilines is 1. The van der Waals surface area contributed by atoms with Crippen LogP contribution in [0.4, 0.5) is 5.69 Å². The number of nitrogens with zero attached hydrogens (tertiary/aromatic N) is 4. The number of rotatable bonds is 5. The largest absolute Gasteiger partial charge is 0.385 e. The van der Waals surface area contributed by atoms with Crippen LogP contribution in [0, 0.1) is 6.92 Å². The SMILES string of the molecule is Cc1ccc(NCCc2nc(-c3cn[nH]n3)no2)cc1. The van der Waals surface area contributed by atoms with E-state index in [1.807, 2.05) is 12.1 Å². The summed E-state index contributed by atoms with van der Waals surface area (Å²) in [6.45, 7) is 2.79. The van der Waals surface area contributed by atoms with E-state index in [9.17, 15) is 0 Å². The molecular formula is C13H14N6O. The van der Waals surface area contributed by atoms with E-state index in [0.29, 0.717) is 23.8 Å². The summed E-state index contributed by atoms with van der Waals surface area (Å²) in [7, 11) is 0. The number of hydrogen-bond donors (Lipinski definition) is 2. The molecule has 1 aromatic carbocycles. The Morgan fingerprint density at radius 3 is 2.85 bits per heavy atom. The number of nitrogens with one attached hydrogen (secondary N) is 2. The van der Waals surface area contributed by atoms with Gasteiger partial charge < -0.3 is 9.84 Å². The molecular weight excluding hydrogens is 256 g/mol. The molecule has 0 aliphatic rings. The van der Waals surface area contributed by atoms with Gasteiger partial charge in [0.15, 0.2) is 5.69 Å². The van der Waals surface area contributed by atoms with Crippen molar-refractivity contribution in [3.05, 3.63) is 41.9 Å². The molecule has 0 radical (unpaired) electrons. The van der Waals surface area contributed by atoms with Gasteiger partial charge >= 0.3 is 0 Å². The minimum Gasteiger partial charge on any atom is -0.385 e. The number of H-pyrrole nitrogens is 1. The Kier molecular flexibility index (Phi) is 3.40. The first-order chi connectivity index (χ1) is 9.81. The zero-order valence-corrected chi connectivity index (χ0v) is 11.0. The number of aromatic amines is 1. The van der Waals surface area contributed by atoms with Gasteiger partial charge in [-0.05, 0) is 19.1 Å². The highest BCUT2D eigenvalue weighted by molar-refractivity contribution is 5.45. The zero-order chi connectivity index (χ0) is 13.8. The lowest BCUT2D eigenvalue weighted by Gasteiger charge is -2.04. The topological polar surface area (TPSA) is 92.5 Å². The molecule has 3 rings (SSSR count). The predicted octanol–water partition coefficient (Wildman–Crippen LogP) is 1.82. The van der Waals surface area contributed by atoms with E-state index >= 15 is 0 Å². The standard InChI is InChI=1S/C13H14N6O/c1-9-2-4-10(5-3-9)14-7-6-12-16-13(18-20-12)11-8-15-19-17-11/h2-5,8,14H,6-7H2,1H3,(H,15,17,19). The molecule has 0 aliphatic heterocycles. The fourth-order valence-corrected chi connectivity index (χ4v) is 1.75. The van der Waals surface area contributed by atoms with Crippen molar-refractivity contribution >= 4 is 5.69 Å². The third-order valence-corrected chi connectivity index (χ3v) is 2.83. The van der Waals surface area contributed by atoms with Crippen LogP contribution in [0.5, 0.6) is 0 Å². The van der Waals surface area contributed by atoms with Crippen LogP contribution in [0.3, 0.4) is 0 Å². The normalized spacial score (nSPS) is 10.7. The van der Waals surface area contributed by atoms with Crippen molar-refractivity contribution in [2.45, 2.75) is 13.3 Å². The van der Waals surface area contributed by atoms with E-state index < -0.39 is 0 Å². The van der Waals surface area contributed by atoms with E-state index in [1.54, 1.807) is 6.20 Å². The van der Waals surface area contributed by atoms with Crippen molar-refractivity contribution < 1.29 is 4.52 Å². The summed E-state index contributed by atoms with van der Waals surface area (Å²) in [6.07, 6.45) is 2.21. The van der Waals surface area contributed by atoms with Gasteiger partial charge in [-0.3, -0.25) is 0 Å². The summed E-state index contributed by atoms with van der Waals surface area (Å²) >= 11 is 0. The van der Waals surface area contributed by atoms with Crippen LogP contribution >= 0.6 is 0 Å². The Morgan fingerprint density at radius 2 is 2.10 bits per heavy atom. The number of benzene rings is 1. The van der Waals surface area contributed by atoms with Gasteiger partial charge in [-0.2, -0.15) is 20.4 Å². The molecule has 0 atom stereocenters. The van der Waals surface area contributed by atoms with Crippen LogP contribution in [0.25, 0.3) is 11.5 Å². The molecule has 0 bridgehead atoms. The average molecular weight is 270 g/mol. The van der Waals surface area contributed by atoms with Crippen molar-refractivity contribution in [1.29, 1.82) is 0 Å². The van der Waals surface area contributed by atoms with Crippen molar-refractivity contribution in [2.24, 2.45) is 0 Å². The van der Waals surface area contributed by atoms with Crippen molar-refractivity contribution in [1.82, 2.24) is 25.6 Å². The maximum Gasteiger partial charge on any atom is 0.228 e. The van der Waals surface area contributed by atoms with E-state index in [0.717, 1.165) is 12.2 Å². The Bertz CT molecular complexity index is 658. The molecule has 0 spiro atoms. The van der Waals surface area contributed by atoms with Crippen LogP contribution < -0.4 is 5.32 Å². The predicted molar refractivity (Wildman–Crippen MR) is 73.0 cm³/mol. The van der Waals surface area contributed by atoms with Gasteiger partial charge in [0, 0.05) is 18.7 Å². The minimum atomic E-state index is 0.448. The smallest absolute Gasteiger partial charge is 0.228 e. The molecule has 0 unspecified atom stereocenters. The molecule has 20 heavy (non-hydrogen) atoms. The van der Waals surface area contributed by atoms with Gasteiger partial charge in [-0.15, -0.1) is 0 Å². The number of aromatic nitrogens is 5. The first-order valence-corrected chi connectivity index (χ1v) is 6.30. The van der Waals surface area contributed by atoms with Crippen LogP contribution in [-0.4, -0.2) is 32.1 Å². The summed E-state index contributed by atoms with van der Waals surface area (Å²) in [5.74, 6) is 1.02. The van der Waals surface area contributed by atoms with E-state index in [2.05, 4.69) is 49.9 Å². The van der Waals surface area contributed by atoms with E-state index in [-0.39, 0.29) is 0 Å². The molecule has 7 nitrogen and oxygen atoms in total. The Balaban J connectivity index is 1.55. The summed E-state index contributed by atoms with van der Waals surface area (Å²) < 4.78 is 5.16. The van der Waals surface area contributed by atoms with Crippen LogP contribution in [0.15, 0.2) is 35.0 Å². The lowest BCUT2D eigenvalue weighted by atomic mass is 10.2. The summed E-state index contributed by atoms with van der Waals surface area (Å²) in [6, 6.07) is 8.23. The molecule has 0 fully saturated rings. The second-order valence-corrected chi connectivity index (χ2v) is 4.41. The highest BCUT2D eigenvalue weighted by Crippen LogP contribution is 2.12. The zero-order valence-electron chi connectivity index (χ0n) is 11.0. The lowest BCUT2D eigenvalue weighted by molar-refractivity contribution is 0.381. The average Bonchev–Trinajstić information content (AvgIpc) is 3.11. The molecule has 0 saturated heterocycles. The van der Waals surface area contributed by atoms with Crippen LogP contribution in [0.1, 0.15) is 11.5 Å². The van der Waals surface area contributed by atoms with Gasteiger partial charge in [0.1, 0.15) is 0 Å². The highest BCUT2D eigenvalue weighted by Gasteiger charge is 2.10. The molecule has 2 N–H and O–H groups in total. The van der Waals surface area contributed by atoms with Crippen molar-refractivity contribution in [3.63, 3.8) is 0 Å². The third kappa shape index (κ3) is 2.82. The van der Waals surface area contributed by atoms with Crippen LogP contribution in [0.2, 0.25) is 0 Å². The van der Waals surface area contributed by atoms with Crippen molar-refractivity contribution in [2.75, 3.05) is 11.9 Å². The summed E-state index contributed by atoms with van der Waals surface area (Å²) in [5.41, 5.74) is 2.89. The van der Waals surface area contributed by atoms with E-state index in [4.69, 9.17) is 4.52 Å². The Labute approximate surface area is 115 Å². The summed E-state index contributed by atoms with van der Waals surface area (Å²) in [4.78, 5) is 4.26. The van der Waals surface area contributed by atoms with E-state index in [1.165, 1.54) is 5.56 Å². The number of hydrogen-bond acceptors (Lipinski definition) is 6. The van der Waals surface area contributed by atoms with Crippen LogP contribution in [-0.2, 0) is 6.42 Å². The maximum atomic E-state index is 5.16. The highest BCUT2D eigenvalue weighted by atomic mass is 16.5. The van der Waals surface area contributed by atoms with Gasteiger partial charge in [0.2, 0.25) is 11.7 Å². The third-order valence-electron chi connectivity index (χ3n) is 2.83. The quantitative estimate of drug-likeness (QED) is 0.734. The first-order valence-electron chi connectivity index (χ1n) is 6.30. The fourth-order valence-electron chi connectivity index (χ4n) is 1.75. The van der Waals surface area contributed by atoms with Gasteiger partial charge in [0.25, 0.3) is 0 Å². The second kappa shape index (κ2) is 5.52. The van der Waals surface area contributed by atoms with Gasteiger partial charge in [-0.1, -0.05) is 22.9 Å². The second-order valence-electron chi connectivity index (χ2n) is 4.41. The monoisotopic (exact) mass is 270 g/mol. The number of aryl methyl sites for hydroxylation is 1. The molecule has 102 valence electrons. The van der Waals surface area contributed by atoms with Crippen molar-refractivity contribution in [3.8, 4) is 11.5 Å². The Morgan fingerprint density at radius 1 is 1.25 bits per heavy atom. The molecule has 3 aromatic rings. The molecule has 7 heteroatoms. The van der Waals surface area contributed by atoms with Gasteiger partial charge in [0.05, 0.1) is 6.20 Å². The minimum absolute atomic E-state index is 0.448. The fraction of sp³-hybridized carbons (Fsp3) is 0.231. The molecule has 0 saturated carbocycles. The molecule has 2 aromatic heterocycles. The maximum absolute atomic E-state index is 5.16. The van der Waals surface area contributed by atoms with Gasteiger partial charge in [-0.25, -0.2) is 0 Å². The molecule has 0 amide bonds. The lowest BCUT2D eigenvalue weighted by Crippen LogP contribution is -2.04. The Hall–Kier alpha value is -2.70. The molecule has 2 heterocycles. The molecule has 0 aliphatic carbocycles. The first kappa shape index (κ1) is 12.3. The summed E-state index contributed by atoms with van der Waals surface area (Å²) in [5, 5.41) is 17.3.